The third-order valence-corrected chi connectivity index (χ3v) is 10.7. The van der Waals surface area contributed by atoms with Crippen molar-refractivity contribution in [3.05, 3.63) is 129 Å². The lowest BCUT2D eigenvalue weighted by molar-refractivity contribution is -0.140. The first kappa shape index (κ1) is 36.0. The first-order valence-corrected chi connectivity index (χ1v) is 17.7. The minimum absolute atomic E-state index is 0.0501. The molecule has 248 valence electrons. The van der Waals surface area contributed by atoms with E-state index in [1.165, 1.54) is 17.0 Å². The molecule has 0 aliphatic carbocycles. The van der Waals surface area contributed by atoms with E-state index >= 15 is 0 Å². The molecule has 0 aliphatic rings. The number of amides is 2. The molecule has 0 aliphatic heterocycles. The Morgan fingerprint density at radius 2 is 1.55 bits per heavy atom. The van der Waals surface area contributed by atoms with Crippen molar-refractivity contribution in [2.45, 2.75) is 71.0 Å². The zero-order valence-electron chi connectivity index (χ0n) is 27.3. The predicted molar refractivity (Wildman–Crippen MR) is 190 cm³/mol. The normalized spacial score (nSPS) is 12.7. The molecule has 0 heterocycles. The van der Waals surface area contributed by atoms with Crippen molar-refractivity contribution in [1.82, 2.24) is 10.2 Å². The van der Waals surface area contributed by atoms with Crippen molar-refractivity contribution in [3.63, 3.8) is 0 Å². The number of hydrogen-bond donors (Lipinski definition) is 1. The Bertz CT molecular complexity index is 1820. The smallest absolute Gasteiger partial charge is 0.264 e. The third kappa shape index (κ3) is 8.95. The molecule has 0 bridgehead atoms. The average molecular weight is 695 g/mol. The van der Waals surface area contributed by atoms with E-state index in [-0.39, 0.29) is 29.8 Å². The molecule has 1 N–H and O–H groups in total. The highest BCUT2D eigenvalue weighted by atomic mass is 35.5. The molecule has 4 rings (SSSR count). The lowest BCUT2D eigenvalue weighted by Crippen LogP contribution is -2.54. The zero-order chi connectivity index (χ0) is 34.3. The molecule has 2 amide bonds. The Balaban J connectivity index is 1.86. The van der Waals surface area contributed by atoms with Crippen LogP contribution in [0.2, 0.25) is 10.0 Å². The second kappa shape index (κ2) is 15.8. The summed E-state index contributed by atoms with van der Waals surface area (Å²) in [5.74, 6) is -0.908. The molecule has 2 atom stereocenters. The fourth-order valence-corrected chi connectivity index (χ4v) is 7.12. The summed E-state index contributed by atoms with van der Waals surface area (Å²) in [6.07, 6.45) is 0.893. The van der Waals surface area contributed by atoms with Crippen LogP contribution >= 0.6 is 23.2 Å². The van der Waals surface area contributed by atoms with Crippen LogP contribution in [0.4, 0.5) is 5.69 Å². The number of halogens is 2. The summed E-state index contributed by atoms with van der Waals surface area (Å²) in [5, 5.41) is 3.80. The number of hydrogen-bond acceptors (Lipinski definition) is 4. The predicted octanol–water partition coefficient (Wildman–Crippen LogP) is 7.67. The Labute approximate surface area is 288 Å². The van der Waals surface area contributed by atoms with Crippen LogP contribution in [-0.2, 0) is 32.6 Å². The molecular formula is C37H41Cl2N3O4S. The van der Waals surface area contributed by atoms with E-state index in [9.17, 15) is 18.0 Å². The molecule has 0 fully saturated rings. The van der Waals surface area contributed by atoms with Gasteiger partial charge in [-0.15, -0.1) is 0 Å². The van der Waals surface area contributed by atoms with E-state index in [1.807, 2.05) is 71.0 Å². The van der Waals surface area contributed by atoms with Gasteiger partial charge in [-0.05, 0) is 86.7 Å². The second-order valence-corrected chi connectivity index (χ2v) is 14.5. The molecule has 4 aromatic carbocycles. The van der Waals surface area contributed by atoms with Gasteiger partial charge >= 0.3 is 0 Å². The van der Waals surface area contributed by atoms with Crippen LogP contribution in [0, 0.1) is 20.8 Å². The van der Waals surface area contributed by atoms with Crippen LogP contribution in [0.1, 0.15) is 48.1 Å². The van der Waals surface area contributed by atoms with Gasteiger partial charge in [-0.25, -0.2) is 8.42 Å². The van der Waals surface area contributed by atoms with Crippen molar-refractivity contribution >= 4 is 50.7 Å². The first-order valence-electron chi connectivity index (χ1n) is 15.5. The number of benzene rings is 4. The zero-order valence-corrected chi connectivity index (χ0v) is 29.7. The van der Waals surface area contributed by atoms with Crippen LogP contribution < -0.4 is 9.62 Å². The van der Waals surface area contributed by atoms with Gasteiger partial charge in [0.1, 0.15) is 12.6 Å². The molecule has 0 unspecified atom stereocenters. The molecule has 10 heteroatoms. The third-order valence-electron chi connectivity index (χ3n) is 8.36. The number of carbonyl (C=O) groups is 2. The SMILES string of the molecule is CC[C@H](C)NC(=O)[C@H](Cc1ccccc1)N(Cc1ccc(Cl)cc1Cl)C(=O)CN(c1cccc(C)c1C)S(=O)(=O)c1ccc(C)cc1. The van der Waals surface area contributed by atoms with Crippen molar-refractivity contribution in [2.75, 3.05) is 10.8 Å². The topological polar surface area (TPSA) is 86.8 Å². The van der Waals surface area contributed by atoms with Gasteiger partial charge in [0.15, 0.2) is 0 Å². The van der Waals surface area contributed by atoms with Gasteiger partial charge in [-0.2, -0.15) is 0 Å². The molecule has 0 saturated carbocycles. The summed E-state index contributed by atoms with van der Waals surface area (Å²) in [4.78, 5) is 30.2. The number of rotatable bonds is 13. The summed E-state index contributed by atoms with van der Waals surface area (Å²) in [5.41, 5.74) is 4.29. The van der Waals surface area contributed by atoms with Crippen molar-refractivity contribution in [1.29, 1.82) is 0 Å². The van der Waals surface area contributed by atoms with Gasteiger partial charge in [0.05, 0.1) is 10.6 Å². The quantitative estimate of drug-likeness (QED) is 0.156. The highest BCUT2D eigenvalue weighted by molar-refractivity contribution is 7.92. The van der Waals surface area contributed by atoms with E-state index in [1.54, 1.807) is 42.5 Å². The van der Waals surface area contributed by atoms with Gasteiger partial charge in [-0.3, -0.25) is 13.9 Å². The largest absolute Gasteiger partial charge is 0.352 e. The van der Waals surface area contributed by atoms with Crippen molar-refractivity contribution in [3.8, 4) is 0 Å². The summed E-state index contributed by atoms with van der Waals surface area (Å²) in [7, 11) is -4.21. The Morgan fingerprint density at radius 3 is 2.19 bits per heavy atom. The number of sulfonamides is 1. The van der Waals surface area contributed by atoms with E-state index in [0.29, 0.717) is 27.7 Å². The van der Waals surface area contributed by atoms with Gasteiger partial charge in [0.2, 0.25) is 11.8 Å². The molecule has 0 aromatic heterocycles. The first-order chi connectivity index (χ1) is 22.3. The van der Waals surface area contributed by atoms with Crippen molar-refractivity contribution < 1.29 is 18.0 Å². The number of nitrogens with zero attached hydrogens (tertiary/aromatic N) is 2. The highest BCUT2D eigenvalue weighted by Crippen LogP contribution is 2.30. The fourth-order valence-electron chi connectivity index (χ4n) is 5.19. The van der Waals surface area contributed by atoms with Gasteiger partial charge in [-0.1, -0.05) is 96.4 Å². The van der Waals surface area contributed by atoms with Gasteiger partial charge in [0, 0.05) is 29.1 Å². The number of carbonyl (C=O) groups excluding carboxylic acids is 2. The maximum atomic E-state index is 14.7. The lowest BCUT2D eigenvalue weighted by atomic mass is 10.0. The lowest BCUT2D eigenvalue weighted by Gasteiger charge is -2.35. The summed E-state index contributed by atoms with van der Waals surface area (Å²) < 4.78 is 29.8. The highest BCUT2D eigenvalue weighted by Gasteiger charge is 2.35. The fraction of sp³-hybridized carbons (Fsp3) is 0.297. The molecule has 0 saturated heterocycles. The minimum atomic E-state index is -4.21. The van der Waals surface area contributed by atoms with E-state index < -0.39 is 28.5 Å². The number of anilines is 1. The van der Waals surface area contributed by atoms with E-state index in [4.69, 9.17) is 23.2 Å². The van der Waals surface area contributed by atoms with Crippen LogP contribution in [0.25, 0.3) is 0 Å². The Kier molecular flexibility index (Phi) is 12.1. The van der Waals surface area contributed by atoms with Gasteiger partial charge in [0.25, 0.3) is 10.0 Å². The number of nitrogens with one attached hydrogen (secondary N) is 1. The summed E-state index contributed by atoms with van der Waals surface area (Å²) >= 11 is 12.8. The molecule has 0 spiro atoms. The minimum Gasteiger partial charge on any atom is -0.352 e. The maximum Gasteiger partial charge on any atom is 0.264 e. The number of aryl methyl sites for hydroxylation is 2. The summed E-state index contributed by atoms with van der Waals surface area (Å²) in [6, 6.07) is 25.1. The second-order valence-electron chi connectivity index (χ2n) is 11.8. The van der Waals surface area contributed by atoms with E-state index in [0.717, 1.165) is 26.6 Å². The van der Waals surface area contributed by atoms with E-state index in [2.05, 4.69) is 5.32 Å². The monoisotopic (exact) mass is 693 g/mol. The van der Waals surface area contributed by atoms with Crippen LogP contribution in [0.3, 0.4) is 0 Å². The Morgan fingerprint density at radius 1 is 0.872 bits per heavy atom. The molecular weight excluding hydrogens is 653 g/mol. The average Bonchev–Trinajstić information content (AvgIpc) is 3.04. The van der Waals surface area contributed by atoms with Crippen LogP contribution in [-0.4, -0.2) is 43.8 Å². The molecule has 4 aromatic rings. The van der Waals surface area contributed by atoms with Crippen molar-refractivity contribution in [2.24, 2.45) is 0 Å². The standard InChI is InChI=1S/C37H41Cl2N3O4S/c1-6-27(4)40-37(44)35(21-29-12-8-7-9-13-29)41(23-30-17-18-31(38)22-33(30)39)36(43)24-42(34-14-10-11-26(3)28(34)5)47(45,46)32-19-15-25(2)16-20-32/h7-20,22,27,35H,6,21,23-24H2,1-5H3,(H,40,44)/t27-,35-/m0/s1. The summed E-state index contributed by atoms with van der Waals surface area (Å²) in [6.45, 7) is 8.86. The molecule has 47 heavy (non-hydrogen) atoms. The van der Waals surface area contributed by atoms with Crippen LogP contribution in [0.15, 0.2) is 95.9 Å². The van der Waals surface area contributed by atoms with Gasteiger partial charge < -0.3 is 10.2 Å². The maximum absolute atomic E-state index is 14.7. The molecule has 0 radical (unpaired) electrons. The molecule has 7 nitrogen and oxygen atoms in total. The van der Waals surface area contributed by atoms with Crippen LogP contribution in [0.5, 0.6) is 0 Å². The Hall–Kier alpha value is -3.85.